The number of hydrogen-bond donors (Lipinski definition) is 2. The molecule has 0 spiro atoms. The van der Waals surface area contributed by atoms with Crippen molar-refractivity contribution in [3.05, 3.63) is 0 Å². The van der Waals surface area contributed by atoms with Crippen molar-refractivity contribution >= 4 is 23.8 Å². The fourth-order valence-corrected chi connectivity index (χ4v) is 1.76. The fourth-order valence-electron chi connectivity index (χ4n) is 1.76. The Morgan fingerprint density at radius 3 is 1.84 bits per heavy atom. The monoisotopic (exact) mass is 359 g/mol. The predicted octanol–water partition coefficient (Wildman–Crippen LogP) is 1.80. The van der Waals surface area contributed by atoms with E-state index in [4.69, 9.17) is 14.6 Å². The molecular weight excluding hydrogens is 330 g/mol. The van der Waals surface area contributed by atoms with Gasteiger partial charge in [-0.25, -0.2) is 4.79 Å². The maximum Gasteiger partial charge on any atom is 0.329 e. The summed E-state index contributed by atoms with van der Waals surface area (Å²) in [6, 6.07) is -1.05. The third-order valence-electron chi connectivity index (χ3n) is 2.65. The van der Waals surface area contributed by atoms with E-state index in [0.717, 1.165) is 0 Å². The molecule has 0 unspecified atom stereocenters. The molecule has 0 radical (unpaired) electrons. The third-order valence-corrected chi connectivity index (χ3v) is 2.65. The lowest BCUT2D eigenvalue weighted by molar-refractivity contribution is -0.160. The van der Waals surface area contributed by atoms with Crippen LogP contribution in [0.5, 0.6) is 0 Å². The minimum atomic E-state index is -1.11. The topological polar surface area (TPSA) is 119 Å². The Hall–Kier alpha value is -2.12. The summed E-state index contributed by atoms with van der Waals surface area (Å²) >= 11 is 0. The van der Waals surface area contributed by atoms with Crippen LogP contribution in [-0.4, -0.2) is 46.2 Å². The first kappa shape index (κ1) is 22.9. The van der Waals surface area contributed by atoms with Crippen molar-refractivity contribution in [1.82, 2.24) is 5.32 Å². The second-order valence-electron chi connectivity index (χ2n) is 7.67. The number of aliphatic carboxylic acids is 1. The summed E-state index contributed by atoms with van der Waals surface area (Å²) in [6.45, 7) is 10.2. The Balaban J connectivity index is 4.83. The average molecular weight is 359 g/mol. The van der Waals surface area contributed by atoms with E-state index in [9.17, 15) is 19.2 Å². The van der Waals surface area contributed by atoms with Gasteiger partial charge in [0.25, 0.3) is 0 Å². The first-order valence-corrected chi connectivity index (χ1v) is 8.15. The van der Waals surface area contributed by atoms with E-state index >= 15 is 0 Å². The lowest BCUT2D eigenvalue weighted by Crippen LogP contribution is -2.44. The molecule has 8 nitrogen and oxygen atoms in total. The van der Waals surface area contributed by atoms with Gasteiger partial charge < -0.3 is 19.9 Å². The van der Waals surface area contributed by atoms with Crippen molar-refractivity contribution in [2.24, 2.45) is 0 Å². The number of carboxylic acids is 1. The molecule has 0 aliphatic heterocycles. The summed E-state index contributed by atoms with van der Waals surface area (Å²) in [5.74, 6) is -2.89. The van der Waals surface area contributed by atoms with Gasteiger partial charge in [-0.2, -0.15) is 0 Å². The van der Waals surface area contributed by atoms with E-state index in [1.54, 1.807) is 41.5 Å². The Morgan fingerprint density at radius 1 is 0.880 bits per heavy atom. The predicted molar refractivity (Wildman–Crippen MR) is 89.7 cm³/mol. The van der Waals surface area contributed by atoms with Gasteiger partial charge in [0.05, 0.1) is 6.42 Å². The van der Waals surface area contributed by atoms with Gasteiger partial charge in [-0.15, -0.1) is 0 Å². The van der Waals surface area contributed by atoms with Crippen molar-refractivity contribution < 1.29 is 33.8 Å². The highest BCUT2D eigenvalue weighted by Gasteiger charge is 2.28. The third kappa shape index (κ3) is 12.9. The number of nitrogens with one attached hydrogen (secondary N) is 1. The summed E-state index contributed by atoms with van der Waals surface area (Å²) < 4.78 is 10.4. The highest BCUT2D eigenvalue weighted by atomic mass is 16.6. The summed E-state index contributed by atoms with van der Waals surface area (Å²) in [7, 11) is 0. The van der Waals surface area contributed by atoms with E-state index in [2.05, 4.69) is 5.32 Å². The van der Waals surface area contributed by atoms with E-state index in [-0.39, 0.29) is 25.7 Å². The van der Waals surface area contributed by atoms with Crippen LogP contribution in [0.1, 0.15) is 67.2 Å². The fraction of sp³-hybridized carbons (Fsp3) is 0.765. The molecule has 8 heteroatoms. The van der Waals surface area contributed by atoms with Crippen LogP contribution in [0.4, 0.5) is 0 Å². The van der Waals surface area contributed by atoms with Crippen LogP contribution in [0.25, 0.3) is 0 Å². The molecule has 0 rings (SSSR count). The van der Waals surface area contributed by atoms with E-state index in [0.29, 0.717) is 0 Å². The van der Waals surface area contributed by atoms with Crippen molar-refractivity contribution in [3.8, 4) is 0 Å². The molecule has 0 bridgehead atoms. The molecule has 0 fully saturated rings. The Bertz CT molecular complexity index is 500. The number of carboxylic acid groups (broad SMARTS) is 1. The second kappa shape index (κ2) is 9.39. The number of carbonyl (C=O) groups excluding carboxylic acids is 3. The zero-order valence-electron chi connectivity index (χ0n) is 15.8. The number of ether oxygens (including phenoxy) is 2. The molecule has 2 N–H and O–H groups in total. The van der Waals surface area contributed by atoms with E-state index in [1.165, 1.54) is 0 Å². The minimum absolute atomic E-state index is 0.00262. The van der Waals surface area contributed by atoms with Crippen LogP contribution in [0.15, 0.2) is 0 Å². The highest BCUT2D eigenvalue weighted by Crippen LogP contribution is 2.13. The largest absolute Gasteiger partial charge is 0.481 e. The standard InChI is InChI=1S/C17H29NO7/c1-16(2,3)24-14(22)10-7-11(15(23)25-17(4,5)6)18-12(19)8-9-13(20)21/h11H,7-10H2,1-6H3,(H,18,19)(H,20,21)/t11-/m0/s1. The van der Waals surface area contributed by atoms with Crippen LogP contribution >= 0.6 is 0 Å². The minimum Gasteiger partial charge on any atom is -0.481 e. The number of amides is 1. The molecular formula is C17H29NO7. The molecule has 0 aliphatic rings. The lowest BCUT2D eigenvalue weighted by Gasteiger charge is -2.25. The molecule has 0 saturated carbocycles. The van der Waals surface area contributed by atoms with Crippen LogP contribution in [0, 0.1) is 0 Å². The SMILES string of the molecule is CC(C)(C)OC(=O)CC[C@H](NC(=O)CCC(=O)O)C(=O)OC(C)(C)C. The van der Waals surface area contributed by atoms with Crippen molar-refractivity contribution in [3.63, 3.8) is 0 Å². The molecule has 0 aliphatic carbocycles. The van der Waals surface area contributed by atoms with E-state index < -0.39 is 41.1 Å². The maximum atomic E-state index is 12.2. The summed E-state index contributed by atoms with van der Waals surface area (Å²) in [4.78, 5) is 46.4. The smallest absolute Gasteiger partial charge is 0.329 e. The maximum absolute atomic E-state index is 12.2. The summed E-state index contributed by atoms with van der Waals surface area (Å²) in [5.41, 5.74) is -1.41. The van der Waals surface area contributed by atoms with Gasteiger partial charge in [0.2, 0.25) is 5.91 Å². The van der Waals surface area contributed by atoms with Gasteiger partial charge in [0.15, 0.2) is 0 Å². The molecule has 0 aromatic rings. The molecule has 0 heterocycles. The quantitative estimate of drug-likeness (QED) is 0.634. The summed E-state index contributed by atoms with van der Waals surface area (Å²) in [6.07, 6.45) is -0.691. The Labute approximate surface area is 148 Å². The molecule has 1 atom stereocenters. The first-order valence-electron chi connectivity index (χ1n) is 8.15. The highest BCUT2D eigenvalue weighted by molar-refractivity contribution is 5.86. The van der Waals surface area contributed by atoms with Gasteiger partial charge in [0.1, 0.15) is 17.2 Å². The first-order chi connectivity index (χ1) is 11.2. The van der Waals surface area contributed by atoms with Crippen molar-refractivity contribution in [1.29, 1.82) is 0 Å². The summed E-state index contributed by atoms with van der Waals surface area (Å²) in [5, 5.41) is 11.0. The zero-order chi connectivity index (χ0) is 19.8. The Morgan fingerprint density at radius 2 is 1.40 bits per heavy atom. The Kier molecular flexibility index (Phi) is 8.59. The molecule has 25 heavy (non-hydrogen) atoms. The zero-order valence-corrected chi connectivity index (χ0v) is 15.8. The van der Waals surface area contributed by atoms with Gasteiger partial charge in [-0.05, 0) is 48.0 Å². The van der Waals surface area contributed by atoms with Gasteiger partial charge in [-0.3, -0.25) is 14.4 Å². The van der Waals surface area contributed by atoms with Crippen molar-refractivity contribution in [2.45, 2.75) is 84.5 Å². The van der Waals surface area contributed by atoms with Crippen LogP contribution in [0.3, 0.4) is 0 Å². The number of carbonyl (C=O) groups is 4. The lowest BCUT2D eigenvalue weighted by atomic mass is 10.1. The molecule has 0 aromatic heterocycles. The molecule has 0 saturated heterocycles. The average Bonchev–Trinajstić information content (AvgIpc) is 2.37. The molecule has 144 valence electrons. The second-order valence-corrected chi connectivity index (χ2v) is 7.67. The van der Waals surface area contributed by atoms with Crippen LogP contribution in [-0.2, 0) is 28.7 Å². The van der Waals surface area contributed by atoms with E-state index in [1.807, 2.05) is 0 Å². The molecule has 0 aromatic carbocycles. The number of esters is 2. The normalized spacial score (nSPS) is 12.9. The van der Waals surface area contributed by atoms with Crippen molar-refractivity contribution in [2.75, 3.05) is 0 Å². The molecule has 1 amide bonds. The number of rotatable bonds is 8. The van der Waals surface area contributed by atoms with Crippen LogP contribution in [0.2, 0.25) is 0 Å². The number of hydrogen-bond acceptors (Lipinski definition) is 6. The van der Waals surface area contributed by atoms with Gasteiger partial charge in [0, 0.05) is 12.8 Å². The van der Waals surface area contributed by atoms with Crippen LogP contribution < -0.4 is 5.32 Å². The van der Waals surface area contributed by atoms with Gasteiger partial charge >= 0.3 is 17.9 Å². The van der Waals surface area contributed by atoms with Gasteiger partial charge in [-0.1, -0.05) is 0 Å².